The van der Waals surface area contributed by atoms with Gasteiger partial charge in [0.2, 0.25) is 0 Å². The molecule has 4 nitrogen and oxygen atoms in total. The summed E-state index contributed by atoms with van der Waals surface area (Å²) in [6.07, 6.45) is 4.91. The molecule has 1 fully saturated rings. The minimum Gasteiger partial charge on any atom is -0.466 e. The molecule has 100 valence electrons. The molecule has 1 aliphatic carbocycles. The smallest absolute Gasteiger partial charge is 0.309 e. The van der Waals surface area contributed by atoms with Gasteiger partial charge in [-0.1, -0.05) is 19.8 Å². The molecule has 1 N–H and O–H groups in total. The van der Waals surface area contributed by atoms with Crippen molar-refractivity contribution in [3.63, 3.8) is 0 Å². The highest BCUT2D eigenvalue weighted by Crippen LogP contribution is 2.24. The largest absolute Gasteiger partial charge is 0.466 e. The number of carbonyl (C=O) groups is 1. The Morgan fingerprint density at radius 3 is 2.65 bits per heavy atom. The molecule has 1 unspecified atom stereocenters. The lowest BCUT2D eigenvalue weighted by atomic mass is 10.1. The first-order chi connectivity index (χ1) is 8.19. The van der Waals surface area contributed by atoms with Crippen LogP contribution in [0.4, 0.5) is 0 Å². The molecule has 0 amide bonds. The third-order valence-corrected chi connectivity index (χ3v) is 3.43. The number of carbonyl (C=O) groups excluding carboxylic acids is 1. The predicted octanol–water partition coefficient (Wildman–Crippen LogP) is 1.42. The van der Waals surface area contributed by atoms with Gasteiger partial charge < -0.3 is 9.84 Å². The van der Waals surface area contributed by atoms with Gasteiger partial charge in [-0.3, -0.25) is 9.69 Å². The van der Waals surface area contributed by atoms with Gasteiger partial charge in [-0.15, -0.1) is 0 Å². The monoisotopic (exact) mass is 243 g/mol. The molecular formula is C13H25NO3. The third kappa shape index (κ3) is 4.64. The SMILES string of the molecule is CCOC(=O)C(C)CN(CCO)C1CCCC1. The Balaban J connectivity index is 2.44. The van der Waals surface area contributed by atoms with Crippen LogP contribution in [0.1, 0.15) is 39.5 Å². The summed E-state index contributed by atoms with van der Waals surface area (Å²) in [4.78, 5) is 13.8. The van der Waals surface area contributed by atoms with E-state index in [9.17, 15) is 4.79 Å². The van der Waals surface area contributed by atoms with Crippen molar-refractivity contribution in [1.82, 2.24) is 4.90 Å². The fourth-order valence-corrected chi connectivity index (χ4v) is 2.53. The van der Waals surface area contributed by atoms with Crippen LogP contribution in [0.3, 0.4) is 0 Å². The standard InChI is InChI=1S/C13H25NO3/c1-3-17-13(16)11(2)10-14(8-9-15)12-6-4-5-7-12/h11-12,15H,3-10H2,1-2H3. The number of aliphatic hydroxyl groups excluding tert-OH is 1. The van der Waals surface area contributed by atoms with E-state index in [1.54, 1.807) is 0 Å². The first kappa shape index (κ1) is 14.5. The van der Waals surface area contributed by atoms with E-state index in [0.29, 0.717) is 25.7 Å². The zero-order valence-corrected chi connectivity index (χ0v) is 11.0. The Hall–Kier alpha value is -0.610. The highest BCUT2D eigenvalue weighted by atomic mass is 16.5. The first-order valence-electron chi connectivity index (χ1n) is 6.70. The minimum atomic E-state index is -0.131. The minimum absolute atomic E-state index is 0.109. The van der Waals surface area contributed by atoms with Crippen molar-refractivity contribution < 1.29 is 14.6 Å². The van der Waals surface area contributed by atoms with Crippen LogP contribution >= 0.6 is 0 Å². The number of nitrogens with zero attached hydrogens (tertiary/aromatic N) is 1. The predicted molar refractivity (Wildman–Crippen MR) is 66.7 cm³/mol. The van der Waals surface area contributed by atoms with Crippen LogP contribution in [0.15, 0.2) is 0 Å². The van der Waals surface area contributed by atoms with Crippen LogP contribution in [0.5, 0.6) is 0 Å². The lowest BCUT2D eigenvalue weighted by Crippen LogP contribution is -2.40. The fourth-order valence-electron chi connectivity index (χ4n) is 2.53. The van der Waals surface area contributed by atoms with Gasteiger partial charge in [0.25, 0.3) is 0 Å². The molecule has 0 saturated heterocycles. The number of rotatable bonds is 7. The number of esters is 1. The second-order valence-corrected chi connectivity index (χ2v) is 4.81. The van der Waals surface area contributed by atoms with Gasteiger partial charge in [-0.05, 0) is 19.8 Å². The molecule has 0 aromatic carbocycles. The van der Waals surface area contributed by atoms with E-state index in [2.05, 4.69) is 4.90 Å². The Morgan fingerprint density at radius 2 is 2.12 bits per heavy atom. The Labute approximate surface area is 104 Å². The van der Waals surface area contributed by atoms with Crippen molar-refractivity contribution in [2.75, 3.05) is 26.3 Å². The van der Waals surface area contributed by atoms with Gasteiger partial charge in [0.1, 0.15) is 0 Å². The maximum Gasteiger partial charge on any atom is 0.309 e. The molecule has 17 heavy (non-hydrogen) atoms. The van der Waals surface area contributed by atoms with Crippen LogP contribution in [-0.4, -0.2) is 48.3 Å². The van der Waals surface area contributed by atoms with Crippen molar-refractivity contribution in [1.29, 1.82) is 0 Å². The number of ether oxygens (including phenoxy) is 1. The van der Waals surface area contributed by atoms with Crippen molar-refractivity contribution >= 4 is 5.97 Å². The van der Waals surface area contributed by atoms with Crippen molar-refractivity contribution in [2.45, 2.75) is 45.6 Å². The van der Waals surface area contributed by atoms with Crippen LogP contribution < -0.4 is 0 Å². The van der Waals surface area contributed by atoms with Crippen LogP contribution in [0.25, 0.3) is 0 Å². The summed E-state index contributed by atoms with van der Waals surface area (Å²) < 4.78 is 5.02. The van der Waals surface area contributed by atoms with Crippen molar-refractivity contribution in [3.8, 4) is 0 Å². The maximum atomic E-state index is 11.6. The summed E-state index contributed by atoms with van der Waals surface area (Å²) in [6.45, 7) is 5.68. The summed E-state index contributed by atoms with van der Waals surface area (Å²) in [6, 6.07) is 0.541. The zero-order chi connectivity index (χ0) is 12.7. The number of hydrogen-bond acceptors (Lipinski definition) is 4. The average Bonchev–Trinajstić information content (AvgIpc) is 2.82. The lowest BCUT2D eigenvalue weighted by Gasteiger charge is -2.29. The van der Waals surface area contributed by atoms with E-state index in [1.165, 1.54) is 25.7 Å². The molecule has 0 spiro atoms. The van der Waals surface area contributed by atoms with Gasteiger partial charge >= 0.3 is 5.97 Å². The normalized spacial score (nSPS) is 18.6. The molecule has 1 rings (SSSR count). The average molecular weight is 243 g/mol. The topological polar surface area (TPSA) is 49.8 Å². The zero-order valence-electron chi connectivity index (χ0n) is 11.0. The summed E-state index contributed by atoms with van der Waals surface area (Å²) >= 11 is 0. The summed E-state index contributed by atoms with van der Waals surface area (Å²) in [5.74, 6) is -0.240. The summed E-state index contributed by atoms with van der Waals surface area (Å²) in [7, 11) is 0. The molecular weight excluding hydrogens is 218 g/mol. The molecule has 0 aromatic rings. The number of aliphatic hydroxyl groups is 1. The lowest BCUT2D eigenvalue weighted by molar-refractivity contribution is -0.148. The van der Waals surface area contributed by atoms with Gasteiger partial charge in [-0.2, -0.15) is 0 Å². The van der Waals surface area contributed by atoms with E-state index in [-0.39, 0.29) is 18.5 Å². The summed E-state index contributed by atoms with van der Waals surface area (Å²) in [5.41, 5.74) is 0. The molecule has 1 aliphatic rings. The van der Waals surface area contributed by atoms with Crippen molar-refractivity contribution in [2.24, 2.45) is 5.92 Å². The van der Waals surface area contributed by atoms with Gasteiger partial charge in [0.15, 0.2) is 0 Å². The van der Waals surface area contributed by atoms with Crippen molar-refractivity contribution in [3.05, 3.63) is 0 Å². The van der Waals surface area contributed by atoms with E-state index in [1.807, 2.05) is 13.8 Å². The Bertz CT molecular complexity index is 227. The molecule has 0 aliphatic heterocycles. The van der Waals surface area contributed by atoms with E-state index in [0.717, 1.165) is 0 Å². The molecule has 4 heteroatoms. The Morgan fingerprint density at radius 1 is 1.47 bits per heavy atom. The molecule has 0 radical (unpaired) electrons. The van der Waals surface area contributed by atoms with Crippen LogP contribution in [0.2, 0.25) is 0 Å². The second kappa shape index (κ2) is 7.67. The molecule has 1 atom stereocenters. The highest BCUT2D eigenvalue weighted by molar-refractivity contribution is 5.72. The van der Waals surface area contributed by atoms with Gasteiger partial charge in [0, 0.05) is 19.1 Å². The van der Waals surface area contributed by atoms with Crippen LogP contribution in [0, 0.1) is 5.92 Å². The van der Waals surface area contributed by atoms with E-state index >= 15 is 0 Å². The first-order valence-corrected chi connectivity index (χ1v) is 6.70. The van der Waals surface area contributed by atoms with Gasteiger partial charge in [-0.25, -0.2) is 0 Å². The Kier molecular flexibility index (Phi) is 6.52. The van der Waals surface area contributed by atoms with Crippen LogP contribution in [-0.2, 0) is 9.53 Å². The fraction of sp³-hybridized carbons (Fsp3) is 0.923. The molecule has 1 saturated carbocycles. The highest BCUT2D eigenvalue weighted by Gasteiger charge is 2.25. The maximum absolute atomic E-state index is 11.6. The van der Waals surface area contributed by atoms with Gasteiger partial charge in [0.05, 0.1) is 19.1 Å². The number of hydrogen-bond donors (Lipinski definition) is 1. The van der Waals surface area contributed by atoms with E-state index in [4.69, 9.17) is 9.84 Å². The van der Waals surface area contributed by atoms with E-state index < -0.39 is 0 Å². The quantitative estimate of drug-likeness (QED) is 0.687. The molecule has 0 heterocycles. The molecule has 0 bridgehead atoms. The summed E-state index contributed by atoms with van der Waals surface area (Å²) in [5, 5.41) is 9.09. The molecule has 0 aromatic heterocycles. The third-order valence-electron chi connectivity index (χ3n) is 3.43. The second-order valence-electron chi connectivity index (χ2n) is 4.81.